The molecule has 0 saturated carbocycles. The fourth-order valence-electron chi connectivity index (χ4n) is 2.94. The zero-order chi connectivity index (χ0) is 21.5. The van der Waals surface area contributed by atoms with Crippen LogP contribution in [0.1, 0.15) is 32.9 Å². The van der Waals surface area contributed by atoms with Crippen molar-refractivity contribution in [3.05, 3.63) is 81.4 Å². The average Bonchev–Trinajstić information content (AvgIpc) is 2.95. The Bertz CT molecular complexity index is 1090. The molecule has 0 saturated heterocycles. The zero-order valence-electron chi connectivity index (χ0n) is 15.7. The Kier molecular flexibility index (Phi) is 5.41. The molecule has 1 N–H and O–H groups in total. The summed E-state index contributed by atoms with van der Waals surface area (Å²) in [6.45, 7) is 4.19. The molecule has 2 aromatic carbocycles. The maximum atomic E-state index is 14.0. The number of carbonyl (C=O) groups is 1. The Morgan fingerprint density at radius 2 is 1.55 bits per heavy atom. The summed E-state index contributed by atoms with van der Waals surface area (Å²) in [5, 5.41) is 6.74. The summed E-state index contributed by atoms with van der Waals surface area (Å²) in [6, 6.07) is 6.84. The first kappa shape index (κ1) is 20.5. The Balaban J connectivity index is 1.94. The van der Waals surface area contributed by atoms with Crippen molar-refractivity contribution in [1.29, 1.82) is 0 Å². The van der Waals surface area contributed by atoms with Gasteiger partial charge in [0.05, 0.1) is 29.2 Å². The number of benzene rings is 2. The van der Waals surface area contributed by atoms with E-state index in [1.165, 1.54) is 6.92 Å². The first-order valence-corrected chi connectivity index (χ1v) is 8.54. The van der Waals surface area contributed by atoms with Gasteiger partial charge in [0.2, 0.25) is 5.82 Å². The van der Waals surface area contributed by atoms with Crippen LogP contribution in [0.4, 0.5) is 27.6 Å². The van der Waals surface area contributed by atoms with Gasteiger partial charge in [-0.15, -0.1) is 0 Å². The highest BCUT2D eigenvalue weighted by Crippen LogP contribution is 2.26. The van der Waals surface area contributed by atoms with Gasteiger partial charge in [0.15, 0.2) is 23.3 Å². The predicted octanol–water partition coefficient (Wildman–Crippen LogP) is 4.80. The Labute approximate surface area is 163 Å². The monoisotopic (exact) mass is 409 g/mol. The highest BCUT2D eigenvalue weighted by atomic mass is 19.2. The molecule has 1 heterocycles. The van der Waals surface area contributed by atoms with Gasteiger partial charge < -0.3 is 5.32 Å². The molecule has 0 spiro atoms. The van der Waals surface area contributed by atoms with E-state index in [0.717, 1.165) is 10.2 Å². The van der Waals surface area contributed by atoms with E-state index in [2.05, 4.69) is 10.4 Å². The van der Waals surface area contributed by atoms with Gasteiger partial charge in [-0.3, -0.25) is 9.48 Å². The summed E-state index contributed by atoms with van der Waals surface area (Å²) >= 11 is 0. The van der Waals surface area contributed by atoms with E-state index in [-0.39, 0.29) is 0 Å². The maximum Gasteiger partial charge on any atom is 0.255 e. The molecule has 3 aromatic rings. The number of halogens is 5. The van der Waals surface area contributed by atoms with Crippen molar-refractivity contribution in [2.75, 3.05) is 5.32 Å². The lowest BCUT2D eigenvalue weighted by molar-refractivity contribution is 0.102. The molecule has 1 aromatic heterocycles. The molecule has 0 atom stereocenters. The lowest BCUT2D eigenvalue weighted by Gasteiger charge is -2.10. The Hall–Kier alpha value is -3.23. The van der Waals surface area contributed by atoms with Crippen LogP contribution < -0.4 is 5.32 Å². The summed E-state index contributed by atoms with van der Waals surface area (Å²) in [5.74, 6) is -10.5. The number of hydrogen-bond acceptors (Lipinski definition) is 2. The summed E-state index contributed by atoms with van der Waals surface area (Å²) in [7, 11) is 0. The standard InChI is InChI=1S/C20H16F5N3O/c1-9-5-4-6-12(7-9)20(29)26-19-10(2)27-28(11(19)3)8-13-14(21)16(23)18(25)17(24)15(13)22/h4-7H,8H2,1-3H3,(H,26,29). The zero-order valence-corrected chi connectivity index (χ0v) is 15.7. The molecule has 4 nitrogen and oxygen atoms in total. The highest BCUT2D eigenvalue weighted by Gasteiger charge is 2.27. The van der Waals surface area contributed by atoms with E-state index in [0.29, 0.717) is 22.6 Å². The van der Waals surface area contributed by atoms with Gasteiger partial charge in [0, 0.05) is 5.56 Å². The van der Waals surface area contributed by atoms with Crippen molar-refractivity contribution in [1.82, 2.24) is 9.78 Å². The largest absolute Gasteiger partial charge is 0.319 e. The lowest BCUT2D eigenvalue weighted by Crippen LogP contribution is -2.14. The quantitative estimate of drug-likeness (QED) is 0.382. The van der Waals surface area contributed by atoms with E-state index in [4.69, 9.17) is 0 Å². The topological polar surface area (TPSA) is 46.9 Å². The molecule has 0 aliphatic heterocycles. The summed E-state index contributed by atoms with van der Waals surface area (Å²) in [4.78, 5) is 12.5. The number of nitrogens with zero attached hydrogens (tertiary/aromatic N) is 2. The van der Waals surface area contributed by atoms with Crippen LogP contribution in [0.5, 0.6) is 0 Å². The summed E-state index contributed by atoms with van der Waals surface area (Å²) in [6.07, 6.45) is 0. The smallest absolute Gasteiger partial charge is 0.255 e. The third kappa shape index (κ3) is 3.72. The molecule has 0 unspecified atom stereocenters. The first-order chi connectivity index (χ1) is 13.6. The van der Waals surface area contributed by atoms with Gasteiger partial charge in [0.1, 0.15) is 0 Å². The molecular weight excluding hydrogens is 393 g/mol. The van der Waals surface area contributed by atoms with Gasteiger partial charge in [-0.25, -0.2) is 22.0 Å². The second-order valence-corrected chi connectivity index (χ2v) is 6.58. The van der Waals surface area contributed by atoms with Crippen LogP contribution in [-0.2, 0) is 6.54 Å². The SMILES string of the molecule is Cc1cccc(C(=O)Nc2c(C)nn(Cc3c(F)c(F)c(F)c(F)c3F)c2C)c1. The fraction of sp³-hybridized carbons (Fsp3) is 0.200. The molecule has 0 bridgehead atoms. The van der Waals surface area contributed by atoms with Crippen LogP contribution in [-0.4, -0.2) is 15.7 Å². The number of carbonyl (C=O) groups excluding carboxylic acids is 1. The number of aryl methyl sites for hydroxylation is 2. The predicted molar refractivity (Wildman–Crippen MR) is 96.2 cm³/mol. The molecule has 0 radical (unpaired) electrons. The normalized spacial score (nSPS) is 11.0. The van der Waals surface area contributed by atoms with Crippen molar-refractivity contribution in [3.63, 3.8) is 0 Å². The van der Waals surface area contributed by atoms with Gasteiger partial charge in [-0.1, -0.05) is 17.7 Å². The molecule has 3 rings (SSSR count). The van der Waals surface area contributed by atoms with Crippen LogP contribution in [0.3, 0.4) is 0 Å². The Morgan fingerprint density at radius 3 is 2.14 bits per heavy atom. The Morgan fingerprint density at radius 1 is 0.966 bits per heavy atom. The summed E-state index contributed by atoms with van der Waals surface area (Å²) < 4.78 is 69.1. The molecular formula is C20H16F5N3O. The third-order valence-corrected chi connectivity index (χ3v) is 4.51. The summed E-state index contributed by atoms with van der Waals surface area (Å²) in [5.41, 5.74) is 1.19. The van der Waals surface area contributed by atoms with Crippen LogP contribution in [0, 0.1) is 49.9 Å². The highest BCUT2D eigenvalue weighted by molar-refractivity contribution is 6.04. The molecule has 9 heteroatoms. The first-order valence-electron chi connectivity index (χ1n) is 8.54. The minimum Gasteiger partial charge on any atom is -0.319 e. The van der Waals surface area contributed by atoms with Gasteiger partial charge in [-0.2, -0.15) is 5.10 Å². The minimum atomic E-state index is -2.22. The number of nitrogens with one attached hydrogen (secondary N) is 1. The number of anilines is 1. The van der Waals surface area contributed by atoms with Crippen molar-refractivity contribution >= 4 is 11.6 Å². The fourth-order valence-corrected chi connectivity index (χ4v) is 2.94. The molecule has 29 heavy (non-hydrogen) atoms. The van der Waals surface area contributed by atoms with Crippen LogP contribution in [0.25, 0.3) is 0 Å². The maximum absolute atomic E-state index is 14.0. The lowest BCUT2D eigenvalue weighted by atomic mass is 10.1. The van der Waals surface area contributed by atoms with E-state index >= 15 is 0 Å². The molecule has 1 amide bonds. The molecule has 0 fully saturated rings. The average molecular weight is 409 g/mol. The number of amides is 1. The van der Waals surface area contributed by atoms with Gasteiger partial charge in [0.25, 0.3) is 5.91 Å². The van der Waals surface area contributed by atoms with Gasteiger partial charge >= 0.3 is 0 Å². The van der Waals surface area contributed by atoms with E-state index in [1.54, 1.807) is 25.1 Å². The van der Waals surface area contributed by atoms with Crippen molar-refractivity contribution in [2.45, 2.75) is 27.3 Å². The van der Waals surface area contributed by atoms with E-state index < -0.39 is 47.1 Å². The van der Waals surface area contributed by atoms with Gasteiger partial charge in [-0.05, 0) is 32.9 Å². The molecule has 0 aliphatic rings. The van der Waals surface area contributed by atoms with Crippen molar-refractivity contribution < 1.29 is 26.7 Å². The van der Waals surface area contributed by atoms with Crippen molar-refractivity contribution in [3.8, 4) is 0 Å². The van der Waals surface area contributed by atoms with E-state index in [9.17, 15) is 26.7 Å². The second-order valence-electron chi connectivity index (χ2n) is 6.58. The number of aromatic nitrogens is 2. The molecule has 0 aliphatic carbocycles. The second kappa shape index (κ2) is 7.65. The van der Waals surface area contributed by atoms with E-state index in [1.807, 2.05) is 13.0 Å². The minimum absolute atomic E-state index is 0.292. The third-order valence-electron chi connectivity index (χ3n) is 4.51. The van der Waals surface area contributed by atoms with Crippen LogP contribution >= 0.6 is 0 Å². The van der Waals surface area contributed by atoms with Crippen LogP contribution in [0.2, 0.25) is 0 Å². The molecule has 152 valence electrons. The number of rotatable bonds is 4. The van der Waals surface area contributed by atoms with Crippen molar-refractivity contribution in [2.24, 2.45) is 0 Å². The number of hydrogen-bond donors (Lipinski definition) is 1. The van der Waals surface area contributed by atoms with Crippen LogP contribution in [0.15, 0.2) is 24.3 Å².